The molecule has 0 unspecified atom stereocenters. The van der Waals surface area contributed by atoms with Gasteiger partial charge in [-0.2, -0.15) is 5.10 Å². The van der Waals surface area contributed by atoms with Gasteiger partial charge in [-0.3, -0.25) is 4.68 Å². The molecule has 1 heterocycles. The highest BCUT2D eigenvalue weighted by atomic mass is 35.5. The molecular formula is C9H12ClN3. The summed E-state index contributed by atoms with van der Waals surface area (Å²) in [4.78, 5) is 0. The molecule has 0 amide bonds. The Morgan fingerprint density at radius 2 is 2.08 bits per heavy atom. The third-order valence-electron chi connectivity index (χ3n) is 2.01. The molecule has 0 spiro atoms. The van der Waals surface area contributed by atoms with Gasteiger partial charge < -0.3 is 5.73 Å². The maximum atomic E-state index is 5.76. The van der Waals surface area contributed by atoms with Crippen LogP contribution < -0.4 is 5.73 Å². The van der Waals surface area contributed by atoms with Crippen molar-refractivity contribution in [3.8, 4) is 0 Å². The molecule has 1 aromatic heterocycles. The van der Waals surface area contributed by atoms with Crippen LogP contribution in [0, 0.1) is 6.92 Å². The normalized spacial score (nSPS) is 10.0. The van der Waals surface area contributed by atoms with E-state index in [9.17, 15) is 0 Å². The van der Waals surface area contributed by atoms with Crippen LogP contribution in [0.5, 0.6) is 0 Å². The van der Waals surface area contributed by atoms with Gasteiger partial charge in [-0.25, -0.2) is 0 Å². The first-order chi connectivity index (χ1) is 5.66. The number of nitrogens with zero attached hydrogens (tertiary/aromatic N) is 2. The lowest BCUT2D eigenvalue weighted by Crippen LogP contribution is -1.88. The monoisotopic (exact) mass is 197 g/mol. The van der Waals surface area contributed by atoms with Crippen molar-refractivity contribution in [2.24, 2.45) is 7.05 Å². The average molecular weight is 198 g/mol. The Morgan fingerprint density at radius 3 is 2.77 bits per heavy atom. The second-order valence-corrected chi connectivity index (χ2v) is 3.07. The van der Waals surface area contributed by atoms with Crippen molar-refractivity contribution in [3.05, 3.63) is 23.9 Å². The lowest BCUT2D eigenvalue weighted by molar-refractivity contribution is 0.779. The molecule has 2 N–H and O–H groups in total. The predicted octanol–water partition coefficient (Wildman–Crippen LogP) is 1.89. The van der Waals surface area contributed by atoms with Gasteiger partial charge in [0, 0.05) is 24.3 Å². The zero-order valence-electron chi connectivity index (χ0n) is 7.61. The van der Waals surface area contributed by atoms with Crippen molar-refractivity contribution >= 4 is 29.0 Å². The first-order valence-corrected chi connectivity index (χ1v) is 3.86. The predicted molar refractivity (Wildman–Crippen MR) is 57.1 cm³/mol. The summed E-state index contributed by atoms with van der Waals surface area (Å²) in [6.45, 7) is 1.99. The summed E-state index contributed by atoms with van der Waals surface area (Å²) in [5.74, 6) is 0. The molecule has 0 radical (unpaired) electrons. The molecule has 13 heavy (non-hydrogen) atoms. The van der Waals surface area contributed by atoms with Crippen LogP contribution in [0.25, 0.3) is 10.9 Å². The molecule has 0 fully saturated rings. The molecule has 2 rings (SSSR count). The second kappa shape index (κ2) is 3.26. The summed E-state index contributed by atoms with van der Waals surface area (Å²) < 4.78 is 1.80. The zero-order chi connectivity index (χ0) is 8.72. The number of nitrogen functional groups attached to an aromatic ring is 1. The van der Waals surface area contributed by atoms with Crippen molar-refractivity contribution in [2.75, 3.05) is 5.73 Å². The highest BCUT2D eigenvalue weighted by molar-refractivity contribution is 5.85. The van der Waals surface area contributed by atoms with E-state index in [4.69, 9.17) is 5.73 Å². The molecule has 3 nitrogen and oxygen atoms in total. The van der Waals surface area contributed by atoms with Crippen LogP contribution in [-0.4, -0.2) is 9.78 Å². The molecule has 0 atom stereocenters. The minimum absolute atomic E-state index is 0. The van der Waals surface area contributed by atoms with Crippen LogP contribution in [0.4, 0.5) is 5.69 Å². The maximum Gasteiger partial charge on any atom is 0.0927 e. The molecule has 0 aliphatic carbocycles. The Labute approximate surface area is 82.9 Å². The number of nitrogens with two attached hydrogens (primary N) is 1. The quantitative estimate of drug-likeness (QED) is 0.656. The van der Waals surface area contributed by atoms with Gasteiger partial charge in [0.2, 0.25) is 0 Å². The summed E-state index contributed by atoms with van der Waals surface area (Å²) in [5, 5.41) is 5.37. The minimum Gasteiger partial charge on any atom is -0.398 e. The Kier molecular flexibility index (Phi) is 2.48. The summed E-state index contributed by atoms with van der Waals surface area (Å²) in [5.41, 5.74) is 8.68. The summed E-state index contributed by atoms with van der Waals surface area (Å²) in [6.07, 6.45) is 1.96. The topological polar surface area (TPSA) is 43.8 Å². The second-order valence-electron chi connectivity index (χ2n) is 3.07. The van der Waals surface area contributed by atoms with Crippen LogP contribution in [0.3, 0.4) is 0 Å². The molecule has 0 aliphatic heterocycles. The van der Waals surface area contributed by atoms with Crippen LogP contribution in [0.2, 0.25) is 0 Å². The number of benzene rings is 1. The zero-order valence-corrected chi connectivity index (χ0v) is 8.43. The lowest BCUT2D eigenvalue weighted by atomic mass is 10.1. The first kappa shape index (κ1) is 9.86. The molecule has 2 aromatic rings. The van der Waals surface area contributed by atoms with E-state index in [0.717, 1.165) is 22.2 Å². The van der Waals surface area contributed by atoms with E-state index in [2.05, 4.69) is 5.10 Å². The largest absolute Gasteiger partial charge is 0.398 e. The van der Waals surface area contributed by atoms with Crippen molar-refractivity contribution in [2.45, 2.75) is 6.92 Å². The first-order valence-electron chi connectivity index (χ1n) is 3.86. The van der Waals surface area contributed by atoms with Gasteiger partial charge in [0.05, 0.1) is 5.52 Å². The van der Waals surface area contributed by atoms with E-state index in [0.29, 0.717) is 0 Å². The highest BCUT2D eigenvalue weighted by Crippen LogP contribution is 2.19. The molecule has 0 saturated heterocycles. The number of aromatic nitrogens is 2. The standard InChI is InChI=1S/C9H11N3.ClH/c1-6-3-9-7(4-8(6)10)5-12(2)11-9;/h3-5H,10H2,1-2H3;1H. The fourth-order valence-corrected chi connectivity index (χ4v) is 1.32. The van der Waals surface area contributed by atoms with E-state index in [1.165, 1.54) is 0 Å². The number of fused-ring (bicyclic) bond motifs is 1. The van der Waals surface area contributed by atoms with E-state index < -0.39 is 0 Å². The summed E-state index contributed by atoms with van der Waals surface area (Å²) in [6, 6.07) is 3.96. The molecule has 0 aliphatic rings. The van der Waals surface area contributed by atoms with Gasteiger partial charge >= 0.3 is 0 Å². The van der Waals surface area contributed by atoms with Crippen molar-refractivity contribution < 1.29 is 0 Å². The van der Waals surface area contributed by atoms with E-state index in [1.54, 1.807) is 4.68 Å². The Bertz CT molecular complexity index is 395. The van der Waals surface area contributed by atoms with Crippen molar-refractivity contribution in [1.29, 1.82) is 0 Å². The molecule has 1 aromatic carbocycles. The number of rotatable bonds is 0. The van der Waals surface area contributed by atoms with Gasteiger partial charge in [0.25, 0.3) is 0 Å². The highest BCUT2D eigenvalue weighted by Gasteiger charge is 2.00. The van der Waals surface area contributed by atoms with Gasteiger partial charge in [0.1, 0.15) is 0 Å². The molecule has 0 bridgehead atoms. The van der Waals surface area contributed by atoms with Crippen molar-refractivity contribution in [1.82, 2.24) is 9.78 Å². The van der Waals surface area contributed by atoms with Crippen LogP contribution in [0.15, 0.2) is 18.3 Å². The molecule has 0 saturated carbocycles. The number of anilines is 1. The van der Waals surface area contributed by atoms with Crippen LogP contribution in [-0.2, 0) is 7.05 Å². The van der Waals surface area contributed by atoms with Gasteiger partial charge in [-0.1, -0.05) is 0 Å². The van der Waals surface area contributed by atoms with Gasteiger partial charge in [0.15, 0.2) is 0 Å². The number of hydrogen-bond acceptors (Lipinski definition) is 2. The minimum atomic E-state index is 0. The fraction of sp³-hybridized carbons (Fsp3) is 0.222. The lowest BCUT2D eigenvalue weighted by Gasteiger charge is -1.97. The van der Waals surface area contributed by atoms with Crippen LogP contribution >= 0.6 is 12.4 Å². The van der Waals surface area contributed by atoms with Gasteiger partial charge in [-0.15, -0.1) is 12.4 Å². The van der Waals surface area contributed by atoms with Crippen LogP contribution in [0.1, 0.15) is 5.56 Å². The fourth-order valence-electron chi connectivity index (χ4n) is 1.32. The number of aryl methyl sites for hydroxylation is 2. The molecular weight excluding hydrogens is 186 g/mol. The van der Waals surface area contributed by atoms with E-state index in [-0.39, 0.29) is 12.4 Å². The van der Waals surface area contributed by atoms with E-state index in [1.807, 2.05) is 32.3 Å². The van der Waals surface area contributed by atoms with Gasteiger partial charge in [-0.05, 0) is 24.6 Å². The SMILES string of the molecule is Cc1cc2nn(C)cc2cc1N.Cl. The Morgan fingerprint density at radius 1 is 1.38 bits per heavy atom. The van der Waals surface area contributed by atoms with E-state index >= 15 is 0 Å². The summed E-state index contributed by atoms with van der Waals surface area (Å²) >= 11 is 0. The molecule has 4 heteroatoms. The number of hydrogen-bond donors (Lipinski definition) is 1. The van der Waals surface area contributed by atoms with Crippen molar-refractivity contribution in [3.63, 3.8) is 0 Å². The Hall–Kier alpha value is -1.22. The third kappa shape index (κ3) is 1.60. The number of halogens is 1. The Balaban J connectivity index is 0.000000845. The summed E-state index contributed by atoms with van der Waals surface area (Å²) in [7, 11) is 1.91. The molecule has 70 valence electrons. The third-order valence-corrected chi connectivity index (χ3v) is 2.01. The maximum absolute atomic E-state index is 5.76. The smallest absolute Gasteiger partial charge is 0.0927 e. The average Bonchev–Trinajstić information content (AvgIpc) is 2.30.